The first-order chi connectivity index (χ1) is 30.3. The quantitative estimate of drug-likeness (QED) is 0.0783. The third kappa shape index (κ3) is 10.8. The number of hydrogen-bond acceptors (Lipinski definition) is 9. The third-order valence-electron chi connectivity index (χ3n) is 9.46. The minimum absolute atomic E-state index is 0.0969. The molecule has 3 aromatic heterocycles. The van der Waals surface area contributed by atoms with Crippen LogP contribution in [0.2, 0.25) is 0 Å². The van der Waals surface area contributed by atoms with Gasteiger partial charge in [-0.15, -0.1) is 0 Å². The Morgan fingerprint density at radius 1 is 0.323 bits per heavy atom. The molecule has 9 nitrogen and oxygen atoms in total. The second-order valence-corrected chi connectivity index (χ2v) is 14.0. The summed E-state index contributed by atoms with van der Waals surface area (Å²) >= 11 is 0. The van der Waals surface area contributed by atoms with Crippen LogP contribution in [0.3, 0.4) is 0 Å². The van der Waals surface area contributed by atoms with E-state index in [0.717, 1.165) is 22.3 Å². The molecular formula is C50H38F3N3O6. The lowest BCUT2D eigenvalue weighted by molar-refractivity contribution is -0.0848. The van der Waals surface area contributed by atoms with Crippen LogP contribution in [0.4, 0.5) is 13.2 Å². The summed E-state index contributed by atoms with van der Waals surface area (Å²) in [7, 11) is 0. The third-order valence-corrected chi connectivity index (χ3v) is 9.46. The highest BCUT2D eigenvalue weighted by Gasteiger charge is 2.41. The minimum Gasteiger partial charge on any atom is -0.489 e. The van der Waals surface area contributed by atoms with Gasteiger partial charge in [-0.2, -0.15) is 0 Å². The Hall–Kier alpha value is -7.86. The normalized spacial score (nSPS) is 11.9. The van der Waals surface area contributed by atoms with Crippen LogP contribution in [0, 0.1) is 17.5 Å². The summed E-state index contributed by atoms with van der Waals surface area (Å²) in [5, 5.41) is 0. The number of rotatable bonds is 18. The Bertz CT molecular complexity index is 2530. The molecule has 1 atom stereocenters. The van der Waals surface area contributed by atoms with Crippen LogP contribution < -0.4 is 28.4 Å². The molecule has 0 radical (unpaired) electrons. The van der Waals surface area contributed by atoms with Gasteiger partial charge >= 0.3 is 5.79 Å². The van der Waals surface area contributed by atoms with Crippen molar-refractivity contribution < 1.29 is 41.6 Å². The van der Waals surface area contributed by atoms with Crippen molar-refractivity contribution in [1.82, 2.24) is 15.0 Å². The van der Waals surface area contributed by atoms with Crippen LogP contribution in [0.15, 0.2) is 183 Å². The molecule has 0 amide bonds. The number of halogens is 3. The summed E-state index contributed by atoms with van der Waals surface area (Å²) in [6.45, 7) is 0.648. The van der Waals surface area contributed by atoms with Gasteiger partial charge in [0, 0.05) is 84.7 Å². The maximum absolute atomic E-state index is 14.7. The Morgan fingerprint density at radius 3 is 0.952 bits per heavy atom. The summed E-state index contributed by atoms with van der Waals surface area (Å²) < 4.78 is 81.3. The molecule has 1 unspecified atom stereocenters. The SMILES string of the molecule is Fc1ccc(COc2cc(OCc3ccc(F)cc3)cc(OC(Oc3cc(OCc4ccncc4)cc(OCc4ccncc4)c3)(c3ccncc3)c3ccc(F)cc3)c2)cc1. The monoisotopic (exact) mass is 833 g/mol. The van der Waals surface area contributed by atoms with Crippen molar-refractivity contribution in [2.75, 3.05) is 0 Å². The standard InChI is InChI=1S/C50H38F3N3O6/c51-41-7-1-35(2-8-41)31-57-44-25-45(58-32-36-3-9-42(52)10-4-36)28-48(27-44)61-50(40-17-23-56-24-18-40,39-5-11-43(53)12-6-39)62-49-29-46(59-33-37-13-19-54-20-14-37)26-47(30-49)60-34-38-15-21-55-22-16-38/h1-30H,31-34H2. The van der Waals surface area contributed by atoms with Gasteiger partial charge in [0.1, 0.15) is 78.4 Å². The van der Waals surface area contributed by atoms with Crippen molar-refractivity contribution in [2.24, 2.45) is 0 Å². The van der Waals surface area contributed by atoms with E-state index >= 15 is 0 Å². The summed E-state index contributed by atoms with van der Waals surface area (Å²) in [5.74, 6) is -0.965. The van der Waals surface area contributed by atoms with E-state index in [1.54, 1.807) is 122 Å². The van der Waals surface area contributed by atoms with E-state index in [-0.39, 0.29) is 49.6 Å². The van der Waals surface area contributed by atoms with Crippen molar-refractivity contribution in [3.63, 3.8) is 0 Å². The fourth-order valence-electron chi connectivity index (χ4n) is 6.32. The fraction of sp³-hybridized carbons (Fsp3) is 0.100. The number of ether oxygens (including phenoxy) is 6. The maximum Gasteiger partial charge on any atom is 0.305 e. The largest absolute Gasteiger partial charge is 0.489 e. The summed E-state index contributed by atoms with van der Waals surface area (Å²) in [5.41, 5.74) is 4.14. The second-order valence-electron chi connectivity index (χ2n) is 14.0. The molecule has 0 aliphatic heterocycles. The summed E-state index contributed by atoms with van der Waals surface area (Å²) in [6.07, 6.45) is 9.94. The molecule has 0 saturated heterocycles. The molecule has 8 aromatic rings. The highest BCUT2D eigenvalue weighted by Crippen LogP contribution is 2.42. The summed E-state index contributed by atoms with van der Waals surface area (Å²) in [4.78, 5) is 12.5. The Labute approximate surface area is 355 Å². The Morgan fingerprint density at radius 2 is 0.597 bits per heavy atom. The molecule has 0 aliphatic rings. The van der Waals surface area contributed by atoms with Crippen molar-refractivity contribution >= 4 is 0 Å². The predicted molar refractivity (Wildman–Crippen MR) is 224 cm³/mol. The lowest BCUT2D eigenvalue weighted by Crippen LogP contribution is -2.41. The Kier molecular flexibility index (Phi) is 12.8. The van der Waals surface area contributed by atoms with Gasteiger partial charge in [0.05, 0.1) is 0 Å². The predicted octanol–water partition coefficient (Wildman–Crippen LogP) is 11.0. The van der Waals surface area contributed by atoms with Gasteiger partial charge < -0.3 is 28.4 Å². The molecule has 5 aromatic carbocycles. The van der Waals surface area contributed by atoms with E-state index in [0.29, 0.717) is 34.1 Å². The van der Waals surface area contributed by atoms with Crippen molar-refractivity contribution in [3.05, 3.63) is 234 Å². The van der Waals surface area contributed by atoms with Crippen molar-refractivity contribution in [3.8, 4) is 34.5 Å². The average molecular weight is 834 g/mol. The van der Waals surface area contributed by atoms with Gasteiger partial charge in [-0.25, -0.2) is 13.2 Å². The van der Waals surface area contributed by atoms with E-state index in [9.17, 15) is 13.2 Å². The number of aromatic nitrogens is 3. The molecule has 62 heavy (non-hydrogen) atoms. The van der Waals surface area contributed by atoms with Crippen LogP contribution in [0.25, 0.3) is 0 Å². The number of hydrogen-bond donors (Lipinski definition) is 0. The molecule has 310 valence electrons. The van der Waals surface area contributed by atoms with Gasteiger partial charge in [-0.1, -0.05) is 24.3 Å². The van der Waals surface area contributed by atoms with Gasteiger partial charge in [-0.05, 0) is 107 Å². The molecule has 0 N–H and O–H groups in total. The molecule has 12 heteroatoms. The zero-order valence-corrected chi connectivity index (χ0v) is 33.1. The highest BCUT2D eigenvalue weighted by molar-refractivity contribution is 5.47. The van der Waals surface area contributed by atoms with E-state index in [1.165, 1.54) is 36.4 Å². The molecule has 8 rings (SSSR count). The number of nitrogens with zero attached hydrogens (tertiary/aromatic N) is 3. The average Bonchev–Trinajstić information content (AvgIpc) is 3.31. The van der Waals surface area contributed by atoms with Gasteiger partial charge in [0.25, 0.3) is 0 Å². The van der Waals surface area contributed by atoms with Crippen LogP contribution in [-0.4, -0.2) is 15.0 Å². The number of pyridine rings is 3. The summed E-state index contributed by atoms with van der Waals surface area (Å²) in [6, 6.07) is 38.8. The Balaban J connectivity index is 1.21. The lowest BCUT2D eigenvalue weighted by atomic mass is 9.97. The molecule has 0 fully saturated rings. The van der Waals surface area contributed by atoms with Gasteiger partial charge in [0.15, 0.2) is 0 Å². The maximum atomic E-state index is 14.7. The van der Waals surface area contributed by atoms with Crippen molar-refractivity contribution in [2.45, 2.75) is 32.2 Å². The van der Waals surface area contributed by atoms with E-state index in [4.69, 9.17) is 28.4 Å². The molecule has 0 bridgehead atoms. The molecule has 0 saturated carbocycles. The molecule has 0 spiro atoms. The zero-order valence-electron chi connectivity index (χ0n) is 33.1. The first-order valence-corrected chi connectivity index (χ1v) is 19.5. The van der Waals surface area contributed by atoms with Gasteiger partial charge in [-0.3, -0.25) is 15.0 Å². The smallest absolute Gasteiger partial charge is 0.305 e. The van der Waals surface area contributed by atoms with E-state index in [2.05, 4.69) is 15.0 Å². The van der Waals surface area contributed by atoms with Crippen molar-refractivity contribution in [1.29, 1.82) is 0 Å². The fourth-order valence-corrected chi connectivity index (χ4v) is 6.32. The van der Waals surface area contributed by atoms with Crippen LogP contribution in [0.1, 0.15) is 33.4 Å². The van der Waals surface area contributed by atoms with E-state index in [1.807, 2.05) is 24.3 Å². The topological polar surface area (TPSA) is 94.1 Å². The molecule has 0 aliphatic carbocycles. The first kappa shape index (κ1) is 40.9. The highest BCUT2D eigenvalue weighted by atomic mass is 19.1. The van der Waals surface area contributed by atoms with Crippen LogP contribution in [0.5, 0.6) is 34.5 Å². The van der Waals surface area contributed by atoms with Crippen LogP contribution >= 0.6 is 0 Å². The second kappa shape index (κ2) is 19.5. The zero-order chi connectivity index (χ0) is 42.6. The first-order valence-electron chi connectivity index (χ1n) is 19.5. The molecule has 3 heterocycles. The minimum atomic E-state index is -1.83. The lowest BCUT2D eigenvalue weighted by Gasteiger charge is -2.36. The van der Waals surface area contributed by atoms with Crippen LogP contribution in [-0.2, 0) is 32.2 Å². The van der Waals surface area contributed by atoms with Gasteiger partial charge in [0.2, 0.25) is 0 Å². The van der Waals surface area contributed by atoms with E-state index < -0.39 is 11.6 Å². The number of benzene rings is 5. The molecular weight excluding hydrogens is 796 g/mol.